The first-order valence-electron chi connectivity index (χ1n) is 6.38. The molecular formula is C12H18BN3O6. The number of carbonyl (C=O) groups excluding carboxylic acids is 1. The molecule has 10 heteroatoms. The Balaban J connectivity index is 2.75. The average Bonchev–Trinajstić information content (AvgIpc) is 2.73. The molecule has 0 bridgehead atoms. The second-order valence-electron chi connectivity index (χ2n) is 5.72. The van der Waals surface area contributed by atoms with E-state index in [1.165, 1.54) is 6.20 Å². The molecule has 1 heterocycles. The third-order valence-corrected chi connectivity index (χ3v) is 2.40. The number of carbonyl (C=O) groups is 2. The van der Waals surface area contributed by atoms with E-state index >= 15 is 0 Å². The summed E-state index contributed by atoms with van der Waals surface area (Å²) in [6.07, 6.45) is 1.36. The van der Waals surface area contributed by atoms with Crippen molar-refractivity contribution in [1.82, 2.24) is 15.1 Å². The summed E-state index contributed by atoms with van der Waals surface area (Å²) in [6, 6.07) is -1.27. The summed E-state index contributed by atoms with van der Waals surface area (Å²) in [7, 11) is 5.02. The third kappa shape index (κ3) is 5.74. The van der Waals surface area contributed by atoms with Crippen molar-refractivity contribution in [1.29, 1.82) is 0 Å². The molecule has 1 unspecified atom stereocenters. The van der Waals surface area contributed by atoms with Crippen molar-refractivity contribution in [3.63, 3.8) is 0 Å². The van der Waals surface area contributed by atoms with E-state index in [-0.39, 0.29) is 6.42 Å². The zero-order valence-electron chi connectivity index (χ0n) is 12.5. The molecule has 0 fully saturated rings. The molecule has 0 saturated heterocycles. The molecule has 120 valence electrons. The summed E-state index contributed by atoms with van der Waals surface area (Å²) in [5, 5.41) is 33.2. The molecule has 22 heavy (non-hydrogen) atoms. The van der Waals surface area contributed by atoms with E-state index in [0.29, 0.717) is 10.2 Å². The van der Waals surface area contributed by atoms with E-state index in [2.05, 4.69) is 10.4 Å². The standard InChI is InChI=1S/C12H18BN3O6/c1-11(2,3)22-10(19)15-8(9(17)18)4-7-5-14-16(6-7)12(13,20)21/h5-6,8,20-21H,4H2,1-3H3,(H,15,19)(H,17,18). The van der Waals surface area contributed by atoms with Crippen LogP contribution in [0.4, 0.5) is 4.79 Å². The topological polar surface area (TPSA) is 134 Å². The van der Waals surface area contributed by atoms with Crippen molar-refractivity contribution in [2.24, 2.45) is 0 Å². The maximum Gasteiger partial charge on any atom is 0.408 e. The van der Waals surface area contributed by atoms with E-state index in [9.17, 15) is 9.59 Å². The van der Waals surface area contributed by atoms with Gasteiger partial charge in [-0.05, 0) is 26.3 Å². The fourth-order valence-corrected chi connectivity index (χ4v) is 1.53. The largest absolute Gasteiger partial charge is 0.480 e. The zero-order chi connectivity index (χ0) is 17.1. The van der Waals surface area contributed by atoms with Crippen molar-refractivity contribution in [3.8, 4) is 0 Å². The molecule has 9 nitrogen and oxygen atoms in total. The minimum absolute atomic E-state index is 0.134. The van der Waals surface area contributed by atoms with Crippen molar-refractivity contribution in [2.75, 3.05) is 0 Å². The van der Waals surface area contributed by atoms with E-state index < -0.39 is 29.5 Å². The Morgan fingerprint density at radius 1 is 1.45 bits per heavy atom. The lowest BCUT2D eigenvalue weighted by atomic mass is 10.1. The molecule has 1 amide bonds. The quantitative estimate of drug-likeness (QED) is 0.410. The van der Waals surface area contributed by atoms with Gasteiger partial charge in [0.2, 0.25) is 5.81 Å². The van der Waals surface area contributed by atoms with Gasteiger partial charge in [0.25, 0.3) is 0 Å². The second kappa shape index (κ2) is 6.36. The lowest BCUT2D eigenvalue weighted by molar-refractivity contribution is -0.160. The van der Waals surface area contributed by atoms with E-state index in [0.717, 1.165) is 6.20 Å². The molecule has 0 saturated carbocycles. The van der Waals surface area contributed by atoms with Crippen LogP contribution in [0.5, 0.6) is 0 Å². The highest BCUT2D eigenvalue weighted by Crippen LogP contribution is 2.10. The SMILES string of the molecule is [B]C(O)(O)n1cc(CC(NC(=O)OC(C)(C)C)C(=O)O)cn1. The fraction of sp³-hybridized carbons (Fsp3) is 0.583. The first-order chi connectivity index (χ1) is 9.88. The maximum atomic E-state index is 11.6. The highest BCUT2D eigenvalue weighted by Gasteiger charge is 2.25. The molecule has 1 rings (SSSR count). The van der Waals surface area contributed by atoms with Gasteiger partial charge in [-0.25, -0.2) is 14.3 Å². The Labute approximate surface area is 128 Å². The summed E-state index contributed by atoms with van der Waals surface area (Å²) in [6.45, 7) is 4.95. The monoisotopic (exact) mass is 311 g/mol. The van der Waals surface area contributed by atoms with Crippen molar-refractivity contribution in [2.45, 2.75) is 44.6 Å². The molecule has 0 spiro atoms. The Kier molecular flexibility index (Phi) is 5.20. The van der Waals surface area contributed by atoms with Crippen LogP contribution in [0, 0.1) is 0 Å². The Hall–Kier alpha value is -2.07. The fourth-order valence-electron chi connectivity index (χ4n) is 1.53. The molecule has 0 aliphatic rings. The normalized spacial score (nSPS) is 13.5. The maximum absolute atomic E-state index is 11.6. The summed E-state index contributed by atoms with van der Waals surface area (Å²) in [5.74, 6) is -3.96. The van der Waals surface area contributed by atoms with E-state index in [1.807, 2.05) is 0 Å². The van der Waals surface area contributed by atoms with Crippen LogP contribution >= 0.6 is 0 Å². The number of carboxylic acids is 1. The van der Waals surface area contributed by atoms with Crippen molar-refractivity contribution < 1.29 is 29.6 Å². The van der Waals surface area contributed by atoms with Crippen LogP contribution in [0.2, 0.25) is 0 Å². The number of aromatic nitrogens is 2. The number of nitrogens with zero attached hydrogens (tertiary/aromatic N) is 2. The van der Waals surface area contributed by atoms with Crippen LogP contribution in [0.3, 0.4) is 0 Å². The van der Waals surface area contributed by atoms with Gasteiger partial charge in [0.15, 0.2) is 7.85 Å². The van der Waals surface area contributed by atoms with Crippen LogP contribution in [0.1, 0.15) is 26.3 Å². The zero-order valence-corrected chi connectivity index (χ0v) is 12.5. The highest BCUT2D eigenvalue weighted by atomic mass is 16.6. The number of rotatable bonds is 5. The van der Waals surface area contributed by atoms with Crippen LogP contribution in [-0.2, 0) is 21.8 Å². The first kappa shape index (κ1) is 18.0. The van der Waals surface area contributed by atoms with Gasteiger partial charge < -0.3 is 25.4 Å². The predicted octanol–water partition coefficient (Wildman–Crippen LogP) is -0.876. The smallest absolute Gasteiger partial charge is 0.408 e. The molecule has 1 aromatic rings. The van der Waals surface area contributed by atoms with E-state index in [4.69, 9.17) is 27.9 Å². The van der Waals surface area contributed by atoms with Crippen LogP contribution in [-0.4, -0.2) is 56.7 Å². The Morgan fingerprint density at radius 3 is 2.45 bits per heavy atom. The van der Waals surface area contributed by atoms with E-state index in [1.54, 1.807) is 20.8 Å². The number of amides is 1. The molecule has 4 N–H and O–H groups in total. The second-order valence-corrected chi connectivity index (χ2v) is 5.72. The summed E-state index contributed by atoms with van der Waals surface area (Å²) in [4.78, 5) is 22.8. The highest BCUT2D eigenvalue weighted by molar-refractivity contribution is 6.10. The van der Waals surface area contributed by atoms with Crippen LogP contribution in [0.15, 0.2) is 12.4 Å². The van der Waals surface area contributed by atoms with Gasteiger partial charge in [-0.15, -0.1) is 0 Å². The van der Waals surface area contributed by atoms with Gasteiger partial charge in [-0.2, -0.15) is 5.10 Å². The van der Waals surface area contributed by atoms with Crippen LogP contribution in [0.25, 0.3) is 0 Å². The number of aliphatic hydroxyl groups is 2. The molecule has 0 aliphatic heterocycles. The van der Waals surface area contributed by atoms with Gasteiger partial charge >= 0.3 is 12.1 Å². The molecule has 1 atom stereocenters. The third-order valence-electron chi connectivity index (χ3n) is 2.40. The summed E-state index contributed by atoms with van der Waals surface area (Å²) in [5.41, 5.74) is -0.424. The van der Waals surface area contributed by atoms with Gasteiger partial charge in [0, 0.05) is 12.6 Å². The number of carboxylic acid groups (broad SMARTS) is 1. The number of aliphatic carboxylic acids is 1. The minimum atomic E-state index is -2.68. The first-order valence-corrected chi connectivity index (χ1v) is 6.38. The summed E-state index contributed by atoms with van der Waals surface area (Å²) < 4.78 is 5.63. The van der Waals surface area contributed by atoms with Crippen LogP contribution < -0.4 is 5.32 Å². The summed E-state index contributed by atoms with van der Waals surface area (Å²) >= 11 is 0. The lowest BCUT2D eigenvalue weighted by Gasteiger charge is -2.21. The number of nitrogens with one attached hydrogen (secondary N) is 1. The molecule has 1 aromatic heterocycles. The number of hydrogen-bond acceptors (Lipinski definition) is 6. The number of alkyl carbamates (subject to hydrolysis) is 1. The number of hydrogen-bond donors (Lipinski definition) is 4. The molecule has 0 aromatic carbocycles. The number of ether oxygens (including phenoxy) is 1. The molecule has 0 aliphatic carbocycles. The predicted molar refractivity (Wildman–Crippen MR) is 74.9 cm³/mol. The minimum Gasteiger partial charge on any atom is -0.480 e. The Morgan fingerprint density at radius 2 is 2.05 bits per heavy atom. The van der Waals surface area contributed by atoms with Gasteiger partial charge in [0.05, 0.1) is 6.20 Å². The van der Waals surface area contributed by atoms with Gasteiger partial charge in [-0.1, -0.05) is 0 Å². The molecular weight excluding hydrogens is 293 g/mol. The lowest BCUT2D eigenvalue weighted by Crippen LogP contribution is -2.44. The van der Waals surface area contributed by atoms with Gasteiger partial charge in [-0.3, -0.25) is 0 Å². The average molecular weight is 311 g/mol. The molecule has 2 radical (unpaired) electrons. The van der Waals surface area contributed by atoms with Crippen molar-refractivity contribution in [3.05, 3.63) is 18.0 Å². The Bertz CT molecular complexity index is 546. The van der Waals surface area contributed by atoms with Gasteiger partial charge in [0.1, 0.15) is 11.6 Å². The van der Waals surface area contributed by atoms with Crippen molar-refractivity contribution >= 4 is 19.9 Å².